The number of hydrogen-bond acceptors (Lipinski definition) is 3. The van der Waals surface area contributed by atoms with E-state index in [-0.39, 0.29) is 0 Å². The first kappa shape index (κ1) is 10.7. The first-order chi connectivity index (χ1) is 8.86. The van der Waals surface area contributed by atoms with E-state index in [2.05, 4.69) is 15.0 Å². The number of aromatic nitrogens is 4. The molecule has 88 valence electrons. The lowest BCUT2D eigenvalue weighted by molar-refractivity contribution is 0.921. The molecule has 0 saturated carbocycles. The normalized spacial score (nSPS) is 10.5. The molecule has 0 bridgehead atoms. The van der Waals surface area contributed by atoms with Gasteiger partial charge in [-0.3, -0.25) is 9.97 Å². The molecule has 0 aliphatic rings. The number of pyridine rings is 2. The molecule has 18 heavy (non-hydrogen) atoms. The molecule has 0 radical (unpaired) electrons. The first-order valence-corrected chi connectivity index (χ1v) is 5.68. The minimum absolute atomic E-state index is 0.964. The van der Waals surface area contributed by atoms with Crippen LogP contribution in [0.3, 0.4) is 0 Å². The molecule has 0 spiro atoms. The molecule has 0 amide bonds. The molecule has 3 rings (SSSR count). The van der Waals surface area contributed by atoms with Gasteiger partial charge in [0.15, 0.2) is 0 Å². The summed E-state index contributed by atoms with van der Waals surface area (Å²) in [4.78, 5) is 12.6. The molecule has 0 fully saturated rings. The molecule has 4 heteroatoms. The summed E-state index contributed by atoms with van der Waals surface area (Å²) in [5.41, 5.74) is 4.23. The lowest BCUT2D eigenvalue weighted by atomic mass is 10.1. The molecule has 3 aromatic heterocycles. The van der Waals surface area contributed by atoms with Crippen LogP contribution in [-0.2, 0) is 7.05 Å². The summed E-state index contributed by atoms with van der Waals surface area (Å²) in [6.07, 6.45) is 8.96. The predicted octanol–water partition coefficient (Wildman–Crippen LogP) is 2.54. The monoisotopic (exact) mass is 236 g/mol. The van der Waals surface area contributed by atoms with E-state index in [0.29, 0.717) is 0 Å². The second-order valence-corrected chi connectivity index (χ2v) is 4.02. The third kappa shape index (κ3) is 1.78. The van der Waals surface area contributed by atoms with Gasteiger partial charge in [0.2, 0.25) is 0 Å². The Labute approximate surface area is 105 Å². The van der Waals surface area contributed by atoms with Crippen molar-refractivity contribution >= 4 is 0 Å². The molecule has 0 N–H and O–H groups in total. The smallest absolute Gasteiger partial charge is 0.0964 e. The Morgan fingerprint density at radius 3 is 2.00 bits per heavy atom. The number of aryl methyl sites for hydroxylation is 1. The molecule has 0 saturated heterocycles. The van der Waals surface area contributed by atoms with E-state index in [1.807, 2.05) is 42.2 Å². The molecule has 0 aliphatic heterocycles. The highest BCUT2D eigenvalue weighted by Gasteiger charge is 2.12. The minimum atomic E-state index is 0.964. The van der Waals surface area contributed by atoms with Gasteiger partial charge in [-0.1, -0.05) is 0 Å². The third-order valence-corrected chi connectivity index (χ3v) is 2.84. The SMILES string of the molecule is Cn1cnc(-c2ccncc2)c1-c1ccncc1. The van der Waals surface area contributed by atoms with Crippen LogP contribution in [0.4, 0.5) is 0 Å². The van der Waals surface area contributed by atoms with Crippen molar-refractivity contribution in [3.63, 3.8) is 0 Å². The van der Waals surface area contributed by atoms with Gasteiger partial charge in [-0.15, -0.1) is 0 Å². The van der Waals surface area contributed by atoms with Crippen molar-refractivity contribution in [2.45, 2.75) is 0 Å². The lowest BCUT2D eigenvalue weighted by Gasteiger charge is -2.05. The number of imidazole rings is 1. The summed E-state index contributed by atoms with van der Waals surface area (Å²) in [7, 11) is 1.99. The van der Waals surface area contributed by atoms with E-state index in [0.717, 1.165) is 22.5 Å². The predicted molar refractivity (Wildman–Crippen MR) is 69.7 cm³/mol. The van der Waals surface area contributed by atoms with Crippen LogP contribution in [0.2, 0.25) is 0 Å². The fourth-order valence-corrected chi connectivity index (χ4v) is 2.00. The zero-order valence-electron chi connectivity index (χ0n) is 9.99. The van der Waals surface area contributed by atoms with Gasteiger partial charge in [-0.25, -0.2) is 4.98 Å². The van der Waals surface area contributed by atoms with Gasteiger partial charge in [0.05, 0.1) is 17.7 Å². The van der Waals surface area contributed by atoms with Crippen LogP contribution < -0.4 is 0 Å². The van der Waals surface area contributed by atoms with Crippen LogP contribution in [0, 0.1) is 0 Å². The van der Waals surface area contributed by atoms with Gasteiger partial charge in [-0.2, -0.15) is 0 Å². The van der Waals surface area contributed by atoms with Crippen LogP contribution in [0.1, 0.15) is 0 Å². The maximum atomic E-state index is 4.48. The van der Waals surface area contributed by atoms with E-state index in [1.54, 1.807) is 24.8 Å². The van der Waals surface area contributed by atoms with Crippen LogP contribution in [0.5, 0.6) is 0 Å². The number of rotatable bonds is 2. The van der Waals surface area contributed by atoms with Gasteiger partial charge in [0, 0.05) is 43.0 Å². The molecule has 0 atom stereocenters. The fourth-order valence-electron chi connectivity index (χ4n) is 2.00. The van der Waals surface area contributed by atoms with E-state index >= 15 is 0 Å². The Morgan fingerprint density at radius 2 is 1.39 bits per heavy atom. The Balaban J connectivity index is 2.19. The Bertz CT molecular complexity index is 644. The maximum Gasteiger partial charge on any atom is 0.0964 e. The summed E-state index contributed by atoms with van der Waals surface area (Å²) in [5.74, 6) is 0. The van der Waals surface area contributed by atoms with E-state index < -0.39 is 0 Å². The Kier molecular flexibility index (Phi) is 2.61. The summed E-state index contributed by atoms with van der Waals surface area (Å²) < 4.78 is 2.02. The van der Waals surface area contributed by atoms with Crippen molar-refractivity contribution in [3.05, 3.63) is 55.4 Å². The van der Waals surface area contributed by atoms with Gasteiger partial charge in [0.25, 0.3) is 0 Å². The summed E-state index contributed by atoms with van der Waals surface area (Å²) in [6.45, 7) is 0. The van der Waals surface area contributed by atoms with Crippen molar-refractivity contribution in [1.82, 2.24) is 19.5 Å². The van der Waals surface area contributed by atoms with Gasteiger partial charge >= 0.3 is 0 Å². The highest BCUT2D eigenvalue weighted by molar-refractivity contribution is 5.78. The van der Waals surface area contributed by atoms with Crippen molar-refractivity contribution in [3.8, 4) is 22.5 Å². The van der Waals surface area contributed by atoms with Crippen molar-refractivity contribution < 1.29 is 0 Å². The van der Waals surface area contributed by atoms with Crippen LogP contribution in [0.25, 0.3) is 22.5 Å². The zero-order valence-corrected chi connectivity index (χ0v) is 9.99. The van der Waals surface area contributed by atoms with Gasteiger partial charge in [0.1, 0.15) is 0 Å². The maximum absolute atomic E-state index is 4.48. The zero-order chi connectivity index (χ0) is 12.4. The molecule has 0 aromatic carbocycles. The average molecular weight is 236 g/mol. The fraction of sp³-hybridized carbons (Fsp3) is 0.0714. The quantitative estimate of drug-likeness (QED) is 0.686. The van der Waals surface area contributed by atoms with E-state index in [1.165, 1.54) is 0 Å². The van der Waals surface area contributed by atoms with Crippen LogP contribution in [0.15, 0.2) is 55.4 Å². The molecular formula is C14H12N4. The van der Waals surface area contributed by atoms with Crippen molar-refractivity contribution in [1.29, 1.82) is 0 Å². The third-order valence-electron chi connectivity index (χ3n) is 2.84. The molecule has 0 unspecified atom stereocenters. The second-order valence-electron chi connectivity index (χ2n) is 4.02. The highest BCUT2D eigenvalue weighted by atomic mass is 15.0. The topological polar surface area (TPSA) is 43.6 Å². The Hall–Kier alpha value is -2.49. The summed E-state index contributed by atoms with van der Waals surface area (Å²) >= 11 is 0. The van der Waals surface area contributed by atoms with E-state index in [4.69, 9.17) is 0 Å². The first-order valence-electron chi connectivity index (χ1n) is 5.68. The largest absolute Gasteiger partial charge is 0.333 e. The second kappa shape index (κ2) is 4.41. The van der Waals surface area contributed by atoms with Gasteiger partial charge < -0.3 is 4.57 Å². The number of nitrogens with zero attached hydrogens (tertiary/aromatic N) is 4. The van der Waals surface area contributed by atoms with Gasteiger partial charge in [-0.05, 0) is 24.3 Å². The molecule has 3 heterocycles. The van der Waals surface area contributed by atoms with Crippen LogP contribution in [-0.4, -0.2) is 19.5 Å². The molecule has 0 aliphatic carbocycles. The molecule has 3 aromatic rings. The highest BCUT2D eigenvalue weighted by Crippen LogP contribution is 2.29. The van der Waals surface area contributed by atoms with E-state index in [9.17, 15) is 0 Å². The minimum Gasteiger partial charge on any atom is -0.333 e. The lowest BCUT2D eigenvalue weighted by Crippen LogP contribution is -1.91. The summed E-state index contributed by atoms with van der Waals surface area (Å²) in [6, 6.07) is 7.91. The average Bonchev–Trinajstić information content (AvgIpc) is 2.83. The Morgan fingerprint density at radius 1 is 0.833 bits per heavy atom. The van der Waals surface area contributed by atoms with Crippen molar-refractivity contribution in [2.24, 2.45) is 7.05 Å². The number of hydrogen-bond donors (Lipinski definition) is 0. The molecular weight excluding hydrogens is 224 g/mol. The summed E-state index contributed by atoms with van der Waals surface area (Å²) in [5, 5.41) is 0. The van der Waals surface area contributed by atoms with Crippen LogP contribution >= 0.6 is 0 Å². The molecule has 4 nitrogen and oxygen atoms in total. The van der Waals surface area contributed by atoms with Crippen molar-refractivity contribution in [2.75, 3.05) is 0 Å². The standard InChI is InChI=1S/C14H12N4/c1-18-10-17-13(11-2-6-15-7-3-11)14(18)12-4-8-16-9-5-12/h2-10H,1H3.